The van der Waals surface area contributed by atoms with Crippen LogP contribution in [0.15, 0.2) is 41.9 Å². The average molecular weight is 417 g/mol. The molecule has 1 fully saturated rings. The Hall–Kier alpha value is -2.83. The summed E-state index contributed by atoms with van der Waals surface area (Å²) >= 11 is 0. The summed E-state index contributed by atoms with van der Waals surface area (Å²) in [7, 11) is 1.59. The molecule has 1 aromatic carbocycles. The Labute approximate surface area is 170 Å². The fourth-order valence-electron chi connectivity index (χ4n) is 3.50. The first-order chi connectivity index (χ1) is 14.5. The molecule has 0 amide bonds. The second-order valence-electron chi connectivity index (χ2n) is 6.92. The molecule has 0 saturated carbocycles. The van der Waals surface area contributed by atoms with Crippen LogP contribution in [-0.2, 0) is 11.3 Å². The largest absolute Gasteiger partial charge is 0.496 e. The van der Waals surface area contributed by atoms with Crippen molar-refractivity contribution in [3.63, 3.8) is 0 Å². The van der Waals surface area contributed by atoms with E-state index in [4.69, 9.17) is 9.47 Å². The molecule has 5 atom stereocenters. The SMILES string of the molecule is COc1ccccc1CN=c1ncn(C2O[C@H](CO)[C@@H](O)[C@H](O)[C@H]2O)c2nc[nH]c12. The second-order valence-corrected chi connectivity index (χ2v) is 6.92. The summed E-state index contributed by atoms with van der Waals surface area (Å²) in [5.41, 5.74) is 2.17. The highest BCUT2D eigenvalue weighted by molar-refractivity contribution is 5.68. The van der Waals surface area contributed by atoms with E-state index in [1.165, 1.54) is 17.2 Å². The fourth-order valence-corrected chi connectivity index (χ4v) is 3.50. The molecule has 1 aliphatic rings. The van der Waals surface area contributed by atoms with Crippen LogP contribution in [0.2, 0.25) is 0 Å². The monoisotopic (exact) mass is 417 g/mol. The zero-order valence-corrected chi connectivity index (χ0v) is 16.2. The van der Waals surface area contributed by atoms with Crippen molar-refractivity contribution < 1.29 is 29.9 Å². The van der Waals surface area contributed by atoms with E-state index in [0.29, 0.717) is 23.2 Å². The van der Waals surface area contributed by atoms with E-state index in [0.717, 1.165) is 11.3 Å². The molecule has 0 aliphatic carbocycles. The van der Waals surface area contributed by atoms with Crippen LogP contribution in [0.25, 0.3) is 11.2 Å². The van der Waals surface area contributed by atoms with Crippen LogP contribution in [0.3, 0.4) is 0 Å². The van der Waals surface area contributed by atoms with Gasteiger partial charge in [0.15, 0.2) is 17.4 Å². The third kappa shape index (κ3) is 3.57. The summed E-state index contributed by atoms with van der Waals surface area (Å²) in [5.74, 6) is 0.717. The first-order valence-electron chi connectivity index (χ1n) is 9.38. The van der Waals surface area contributed by atoms with Gasteiger partial charge in [-0.3, -0.25) is 9.56 Å². The molecule has 1 aliphatic heterocycles. The minimum atomic E-state index is -1.50. The lowest BCUT2D eigenvalue weighted by Gasteiger charge is -2.40. The molecule has 2 aromatic heterocycles. The van der Waals surface area contributed by atoms with Crippen LogP contribution >= 0.6 is 0 Å². The lowest BCUT2D eigenvalue weighted by Crippen LogP contribution is -2.56. The minimum absolute atomic E-state index is 0.329. The average Bonchev–Trinajstić information content (AvgIpc) is 3.27. The van der Waals surface area contributed by atoms with Gasteiger partial charge in [0, 0.05) is 5.56 Å². The summed E-state index contributed by atoms with van der Waals surface area (Å²) in [6, 6.07) is 7.52. The van der Waals surface area contributed by atoms with E-state index in [-0.39, 0.29) is 0 Å². The number of nitrogens with zero attached hydrogens (tertiary/aromatic N) is 4. The number of ether oxygens (including phenoxy) is 2. The lowest BCUT2D eigenvalue weighted by molar-refractivity contribution is -0.250. The molecule has 11 heteroatoms. The molecule has 160 valence electrons. The van der Waals surface area contributed by atoms with Gasteiger partial charge in [0.05, 0.1) is 26.6 Å². The number of imidazole rings is 1. The first kappa shape index (κ1) is 20.4. The number of benzene rings is 1. The number of H-pyrrole nitrogens is 1. The van der Waals surface area contributed by atoms with E-state index in [1.807, 2.05) is 24.3 Å². The highest BCUT2D eigenvalue weighted by Crippen LogP contribution is 2.29. The van der Waals surface area contributed by atoms with Crippen molar-refractivity contribution in [1.82, 2.24) is 19.5 Å². The Balaban J connectivity index is 1.71. The predicted molar refractivity (Wildman–Crippen MR) is 103 cm³/mol. The van der Waals surface area contributed by atoms with Crippen molar-refractivity contribution in [2.75, 3.05) is 13.7 Å². The highest BCUT2D eigenvalue weighted by atomic mass is 16.6. The second kappa shape index (κ2) is 8.50. The van der Waals surface area contributed by atoms with Gasteiger partial charge in [-0.15, -0.1) is 0 Å². The van der Waals surface area contributed by atoms with Crippen molar-refractivity contribution in [2.45, 2.75) is 37.2 Å². The van der Waals surface area contributed by atoms with Gasteiger partial charge in [0.1, 0.15) is 42.0 Å². The van der Waals surface area contributed by atoms with Gasteiger partial charge in [-0.25, -0.2) is 9.97 Å². The molecule has 11 nitrogen and oxygen atoms in total. The molecule has 4 rings (SSSR count). The van der Waals surface area contributed by atoms with Gasteiger partial charge in [-0.2, -0.15) is 0 Å². The number of methoxy groups -OCH3 is 1. The number of para-hydroxylation sites is 1. The summed E-state index contributed by atoms with van der Waals surface area (Å²) in [6.45, 7) is -0.194. The van der Waals surface area contributed by atoms with Gasteiger partial charge in [0.2, 0.25) is 0 Å². The Kier molecular flexibility index (Phi) is 5.79. The number of nitrogens with one attached hydrogen (secondary N) is 1. The molecular weight excluding hydrogens is 394 g/mol. The van der Waals surface area contributed by atoms with E-state index < -0.39 is 37.3 Å². The third-order valence-corrected chi connectivity index (χ3v) is 5.12. The van der Waals surface area contributed by atoms with Gasteiger partial charge in [-0.1, -0.05) is 18.2 Å². The molecule has 3 aromatic rings. The van der Waals surface area contributed by atoms with Gasteiger partial charge in [-0.05, 0) is 6.07 Å². The highest BCUT2D eigenvalue weighted by Gasteiger charge is 2.44. The van der Waals surface area contributed by atoms with Crippen molar-refractivity contribution in [2.24, 2.45) is 4.99 Å². The maximum Gasteiger partial charge on any atom is 0.177 e. The summed E-state index contributed by atoms with van der Waals surface area (Å²) in [4.78, 5) is 16.1. The number of rotatable bonds is 5. The van der Waals surface area contributed by atoms with E-state index in [9.17, 15) is 20.4 Å². The maximum atomic E-state index is 10.4. The van der Waals surface area contributed by atoms with Crippen LogP contribution < -0.4 is 10.2 Å². The van der Waals surface area contributed by atoms with Crippen LogP contribution in [0.5, 0.6) is 5.75 Å². The number of aromatic nitrogens is 4. The van der Waals surface area contributed by atoms with Crippen LogP contribution in [0.4, 0.5) is 0 Å². The molecule has 1 saturated heterocycles. The zero-order chi connectivity index (χ0) is 21.3. The molecule has 0 radical (unpaired) electrons. The van der Waals surface area contributed by atoms with Crippen LogP contribution in [-0.4, -0.2) is 78.1 Å². The van der Waals surface area contributed by atoms with E-state index in [1.54, 1.807) is 7.11 Å². The summed E-state index contributed by atoms with van der Waals surface area (Å²) in [6.07, 6.45) is -3.71. The van der Waals surface area contributed by atoms with Crippen molar-refractivity contribution in [3.05, 3.63) is 48.0 Å². The van der Waals surface area contributed by atoms with Gasteiger partial charge in [0.25, 0.3) is 0 Å². The molecule has 30 heavy (non-hydrogen) atoms. The van der Waals surface area contributed by atoms with Crippen LogP contribution in [0, 0.1) is 0 Å². The maximum absolute atomic E-state index is 10.4. The Bertz CT molecular complexity index is 1080. The molecule has 0 bridgehead atoms. The number of hydrogen-bond donors (Lipinski definition) is 5. The topological polar surface area (TPSA) is 158 Å². The number of hydrogen-bond acceptors (Lipinski definition) is 9. The van der Waals surface area contributed by atoms with Crippen LogP contribution in [0.1, 0.15) is 11.8 Å². The predicted octanol–water partition coefficient (Wildman–Crippen LogP) is -1.16. The standard InChI is InChI=1S/C19H23N5O6/c1-29-11-5-3-2-4-10(11)6-20-17-13-18(22-8-21-13)24(9-23-17)19-16(28)15(27)14(26)12(7-25)30-19/h2-5,8-9,12,14-16,19,25-28H,6-7H2,1H3,(H,21,22)/t12-,14-,15+,16-,19?/m1/s1. The quantitative estimate of drug-likeness (QED) is 0.348. The summed E-state index contributed by atoms with van der Waals surface area (Å²) < 4.78 is 12.4. The van der Waals surface area contributed by atoms with E-state index >= 15 is 0 Å². The smallest absolute Gasteiger partial charge is 0.177 e. The zero-order valence-electron chi connectivity index (χ0n) is 16.2. The van der Waals surface area contributed by atoms with E-state index in [2.05, 4.69) is 19.9 Å². The van der Waals surface area contributed by atoms with Crippen molar-refractivity contribution in [3.8, 4) is 5.75 Å². The molecule has 3 heterocycles. The Morgan fingerprint density at radius 3 is 2.73 bits per heavy atom. The number of fused-ring (bicyclic) bond motifs is 1. The third-order valence-electron chi connectivity index (χ3n) is 5.12. The first-order valence-corrected chi connectivity index (χ1v) is 9.38. The molecule has 0 spiro atoms. The van der Waals surface area contributed by atoms with Gasteiger partial charge < -0.3 is 34.9 Å². The normalized spacial score (nSPS) is 27.5. The Morgan fingerprint density at radius 1 is 1.17 bits per heavy atom. The molecular formula is C19H23N5O6. The van der Waals surface area contributed by atoms with Crippen molar-refractivity contribution >= 4 is 11.2 Å². The lowest BCUT2D eigenvalue weighted by atomic mass is 9.98. The number of aliphatic hydroxyl groups is 4. The molecule has 5 N–H and O–H groups in total. The number of aromatic amines is 1. The summed E-state index contributed by atoms with van der Waals surface area (Å²) in [5, 5.41) is 39.9. The minimum Gasteiger partial charge on any atom is -0.496 e. The number of aliphatic hydroxyl groups excluding tert-OH is 4. The van der Waals surface area contributed by atoms with Crippen molar-refractivity contribution in [1.29, 1.82) is 0 Å². The fraction of sp³-hybridized carbons (Fsp3) is 0.421. The molecule has 1 unspecified atom stereocenters. The Morgan fingerprint density at radius 2 is 1.97 bits per heavy atom. The van der Waals surface area contributed by atoms with Gasteiger partial charge >= 0.3 is 0 Å².